The Labute approximate surface area is 135 Å². The summed E-state index contributed by atoms with van der Waals surface area (Å²) in [6.45, 7) is 6.78. The van der Waals surface area contributed by atoms with Crippen molar-refractivity contribution in [2.75, 3.05) is 6.54 Å². The van der Waals surface area contributed by atoms with E-state index >= 15 is 0 Å². The van der Waals surface area contributed by atoms with E-state index in [9.17, 15) is 0 Å². The van der Waals surface area contributed by atoms with Gasteiger partial charge in [0.1, 0.15) is 12.4 Å². The van der Waals surface area contributed by atoms with Crippen LogP contribution in [-0.2, 0) is 13.2 Å². The zero-order chi connectivity index (χ0) is 15.1. The lowest BCUT2D eigenvalue weighted by Crippen LogP contribution is -2.13. The van der Waals surface area contributed by atoms with Crippen LogP contribution in [0.4, 0.5) is 0 Å². The summed E-state index contributed by atoms with van der Waals surface area (Å²) in [5, 5.41) is 3.41. The van der Waals surface area contributed by atoms with Gasteiger partial charge >= 0.3 is 0 Å². The van der Waals surface area contributed by atoms with Crippen LogP contribution in [-0.4, -0.2) is 6.54 Å². The van der Waals surface area contributed by atoms with Crippen molar-refractivity contribution in [1.82, 2.24) is 5.32 Å². The third-order valence-corrected chi connectivity index (χ3v) is 4.00. The minimum absolute atomic E-state index is 0.576. The second kappa shape index (κ2) is 8.20. The number of benzene rings is 2. The fourth-order valence-corrected chi connectivity index (χ4v) is 2.63. The summed E-state index contributed by atoms with van der Waals surface area (Å²) in [6.07, 6.45) is 1.16. The summed E-state index contributed by atoms with van der Waals surface area (Å²) in [6, 6.07) is 14.6. The number of hydrogen-bond acceptors (Lipinski definition) is 2. The molecule has 0 unspecified atom stereocenters. The van der Waals surface area contributed by atoms with Gasteiger partial charge in [-0.05, 0) is 49.2 Å². The van der Waals surface area contributed by atoms with Crippen molar-refractivity contribution in [3.63, 3.8) is 0 Å². The molecule has 2 aromatic rings. The number of hydrogen-bond donors (Lipinski definition) is 1. The molecule has 0 atom stereocenters. The fourth-order valence-electron chi connectivity index (χ4n) is 2.09. The lowest BCUT2D eigenvalue weighted by atomic mass is 10.1. The van der Waals surface area contributed by atoms with Gasteiger partial charge in [0.15, 0.2) is 0 Å². The van der Waals surface area contributed by atoms with Crippen LogP contribution in [0, 0.1) is 6.92 Å². The van der Waals surface area contributed by atoms with Crippen molar-refractivity contribution in [3.8, 4) is 5.75 Å². The molecule has 0 fully saturated rings. The molecule has 0 amide bonds. The number of halogens is 1. The van der Waals surface area contributed by atoms with Gasteiger partial charge in [0, 0.05) is 16.6 Å². The highest BCUT2D eigenvalue weighted by Gasteiger charge is 2.03. The smallest absolute Gasteiger partial charge is 0.120 e. The van der Waals surface area contributed by atoms with Crippen LogP contribution in [0.1, 0.15) is 30.0 Å². The molecule has 2 aromatic carbocycles. The average Bonchev–Trinajstić information content (AvgIpc) is 2.47. The highest BCUT2D eigenvalue weighted by atomic mass is 79.9. The van der Waals surface area contributed by atoms with Crippen molar-refractivity contribution in [2.24, 2.45) is 0 Å². The van der Waals surface area contributed by atoms with Gasteiger partial charge in [-0.1, -0.05) is 47.1 Å². The Morgan fingerprint density at radius 3 is 2.71 bits per heavy atom. The predicted octanol–water partition coefficient (Wildman–Crippen LogP) is 4.84. The largest absolute Gasteiger partial charge is 0.489 e. The van der Waals surface area contributed by atoms with Gasteiger partial charge in [0.05, 0.1) is 0 Å². The third-order valence-electron chi connectivity index (χ3n) is 3.26. The first-order valence-electron chi connectivity index (χ1n) is 7.36. The Balaban J connectivity index is 1.94. The number of aryl methyl sites for hydroxylation is 1. The van der Waals surface area contributed by atoms with E-state index in [1.54, 1.807) is 0 Å². The molecule has 0 aliphatic carbocycles. The lowest BCUT2D eigenvalue weighted by molar-refractivity contribution is 0.305. The van der Waals surface area contributed by atoms with Crippen LogP contribution < -0.4 is 10.1 Å². The molecule has 0 bridgehead atoms. The van der Waals surface area contributed by atoms with E-state index in [0.29, 0.717) is 6.61 Å². The molecule has 0 radical (unpaired) electrons. The van der Waals surface area contributed by atoms with Gasteiger partial charge in [-0.3, -0.25) is 0 Å². The Morgan fingerprint density at radius 1 is 1.14 bits per heavy atom. The first-order valence-corrected chi connectivity index (χ1v) is 8.16. The SMILES string of the molecule is CCCNCc1ccc(COc2cccc(C)c2)c(Br)c1. The molecule has 0 aromatic heterocycles. The normalized spacial score (nSPS) is 10.6. The maximum absolute atomic E-state index is 5.85. The van der Waals surface area contributed by atoms with Gasteiger partial charge in [-0.15, -0.1) is 0 Å². The summed E-state index contributed by atoms with van der Waals surface area (Å²) >= 11 is 3.64. The monoisotopic (exact) mass is 347 g/mol. The third kappa shape index (κ3) is 5.18. The first kappa shape index (κ1) is 16.1. The number of rotatable bonds is 7. The topological polar surface area (TPSA) is 21.3 Å². The molecule has 2 nitrogen and oxygen atoms in total. The lowest BCUT2D eigenvalue weighted by Gasteiger charge is -2.10. The van der Waals surface area contributed by atoms with Crippen LogP contribution in [0.2, 0.25) is 0 Å². The van der Waals surface area contributed by atoms with Gasteiger partial charge < -0.3 is 10.1 Å². The molecule has 3 heteroatoms. The van der Waals surface area contributed by atoms with E-state index in [1.165, 1.54) is 11.1 Å². The summed E-state index contributed by atoms with van der Waals surface area (Å²) in [5.74, 6) is 0.913. The van der Waals surface area contributed by atoms with Crippen molar-refractivity contribution in [3.05, 3.63) is 63.6 Å². The number of nitrogens with one attached hydrogen (secondary N) is 1. The van der Waals surface area contributed by atoms with Crippen molar-refractivity contribution in [2.45, 2.75) is 33.4 Å². The second-order valence-electron chi connectivity index (χ2n) is 5.21. The highest BCUT2D eigenvalue weighted by molar-refractivity contribution is 9.10. The standard InChI is InChI=1S/C18H22BrNO/c1-3-9-20-12-15-7-8-16(18(19)11-15)13-21-17-6-4-5-14(2)10-17/h4-8,10-11,20H,3,9,12-13H2,1-2H3. The van der Waals surface area contributed by atoms with E-state index in [4.69, 9.17) is 4.74 Å². The van der Waals surface area contributed by atoms with Gasteiger partial charge in [-0.25, -0.2) is 0 Å². The van der Waals surface area contributed by atoms with Gasteiger partial charge in [0.2, 0.25) is 0 Å². The molecule has 0 heterocycles. The minimum atomic E-state index is 0.576. The molecule has 0 aliphatic heterocycles. The molecule has 0 spiro atoms. The maximum Gasteiger partial charge on any atom is 0.120 e. The van der Waals surface area contributed by atoms with E-state index in [1.807, 2.05) is 12.1 Å². The predicted molar refractivity (Wildman–Crippen MR) is 91.7 cm³/mol. The quantitative estimate of drug-likeness (QED) is 0.723. The molecular formula is C18H22BrNO. The van der Waals surface area contributed by atoms with E-state index < -0.39 is 0 Å². The summed E-state index contributed by atoms with van der Waals surface area (Å²) < 4.78 is 6.95. The van der Waals surface area contributed by atoms with Crippen LogP contribution in [0.3, 0.4) is 0 Å². The van der Waals surface area contributed by atoms with Crippen molar-refractivity contribution in [1.29, 1.82) is 0 Å². The minimum Gasteiger partial charge on any atom is -0.489 e. The zero-order valence-corrected chi connectivity index (χ0v) is 14.2. The van der Waals surface area contributed by atoms with E-state index in [2.05, 4.69) is 65.4 Å². The Morgan fingerprint density at radius 2 is 2.00 bits per heavy atom. The highest BCUT2D eigenvalue weighted by Crippen LogP contribution is 2.21. The van der Waals surface area contributed by atoms with E-state index in [-0.39, 0.29) is 0 Å². The van der Waals surface area contributed by atoms with Crippen molar-refractivity contribution >= 4 is 15.9 Å². The fraction of sp³-hybridized carbons (Fsp3) is 0.333. The molecule has 0 saturated carbocycles. The molecule has 21 heavy (non-hydrogen) atoms. The average molecular weight is 348 g/mol. The van der Waals surface area contributed by atoms with Crippen LogP contribution in [0.15, 0.2) is 46.9 Å². The maximum atomic E-state index is 5.85. The molecule has 0 aliphatic rings. The first-order chi connectivity index (χ1) is 10.2. The summed E-state index contributed by atoms with van der Waals surface area (Å²) in [4.78, 5) is 0. The zero-order valence-electron chi connectivity index (χ0n) is 12.7. The van der Waals surface area contributed by atoms with E-state index in [0.717, 1.165) is 35.3 Å². The summed E-state index contributed by atoms with van der Waals surface area (Å²) in [7, 11) is 0. The summed E-state index contributed by atoms with van der Waals surface area (Å²) in [5.41, 5.74) is 3.66. The van der Waals surface area contributed by atoms with Crippen LogP contribution >= 0.6 is 15.9 Å². The second-order valence-corrected chi connectivity index (χ2v) is 6.06. The van der Waals surface area contributed by atoms with Crippen LogP contribution in [0.5, 0.6) is 5.75 Å². The molecule has 0 saturated heterocycles. The number of ether oxygens (including phenoxy) is 1. The molecular weight excluding hydrogens is 326 g/mol. The van der Waals surface area contributed by atoms with Gasteiger partial charge in [-0.2, -0.15) is 0 Å². The van der Waals surface area contributed by atoms with Gasteiger partial charge in [0.25, 0.3) is 0 Å². The Bertz CT molecular complexity index is 583. The van der Waals surface area contributed by atoms with Crippen molar-refractivity contribution < 1.29 is 4.74 Å². The Hall–Kier alpha value is -1.32. The molecule has 1 N–H and O–H groups in total. The molecule has 2 rings (SSSR count). The van der Waals surface area contributed by atoms with Crippen LogP contribution in [0.25, 0.3) is 0 Å². The molecule has 112 valence electrons. The Kier molecular flexibility index (Phi) is 6.27.